The minimum Gasteiger partial charge on any atom is -0.369 e. The number of hydrogen-bond donors (Lipinski definition) is 2. The maximum atomic E-state index is 12.0. The molecule has 0 aliphatic rings. The number of hydrogen-bond acceptors (Lipinski definition) is 7. The van der Waals surface area contributed by atoms with Crippen LogP contribution in [0.2, 0.25) is 0 Å². The highest BCUT2D eigenvalue weighted by Crippen LogP contribution is 2.15. The van der Waals surface area contributed by atoms with Gasteiger partial charge in [0.1, 0.15) is 27.5 Å². The maximum Gasteiger partial charge on any atom is 0.250 e. The number of rotatable bonds is 7. The van der Waals surface area contributed by atoms with Gasteiger partial charge in [-0.15, -0.1) is 11.3 Å². The molecule has 0 spiro atoms. The summed E-state index contributed by atoms with van der Waals surface area (Å²) >= 11 is 1.19. The van der Waals surface area contributed by atoms with Gasteiger partial charge in [0, 0.05) is 31.5 Å². The van der Waals surface area contributed by atoms with Crippen molar-refractivity contribution in [2.24, 2.45) is 0 Å². The first-order valence-corrected chi connectivity index (χ1v) is 9.95. The maximum absolute atomic E-state index is 12.0. The first-order chi connectivity index (χ1) is 12.0. The Kier molecular flexibility index (Phi) is 5.11. The van der Waals surface area contributed by atoms with Crippen molar-refractivity contribution in [3.8, 4) is 5.82 Å². The third-order valence-corrected chi connectivity index (χ3v) is 6.24. The van der Waals surface area contributed by atoms with Gasteiger partial charge < -0.3 is 5.32 Å². The molecule has 0 saturated carbocycles. The van der Waals surface area contributed by atoms with Gasteiger partial charge >= 0.3 is 0 Å². The predicted octanol–water partition coefficient (Wildman–Crippen LogP) is 1.73. The number of anilines is 1. The lowest BCUT2D eigenvalue weighted by atomic mass is 10.4. The molecule has 0 atom stereocenters. The molecule has 3 heterocycles. The van der Waals surface area contributed by atoms with E-state index in [0.717, 1.165) is 5.82 Å². The van der Waals surface area contributed by atoms with E-state index in [9.17, 15) is 8.42 Å². The van der Waals surface area contributed by atoms with Gasteiger partial charge in [0.15, 0.2) is 0 Å². The fourth-order valence-electron chi connectivity index (χ4n) is 2.25. The van der Waals surface area contributed by atoms with Crippen LogP contribution >= 0.6 is 11.3 Å². The predicted molar refractivity (Wildman–Crippen MR) is 96.6 cm³/mol. The Morgan fingerprint density at radius 1 is 1.24 bits per heavy atom. The Morgan fingerprint density at radius 3 is 2.76 bits per heavy atom. The molecule has 0 amide bonds. The monoisotopic (exact) mass is 378 g/mol. The van der Waals surface area contributed by atoms with E-state index in [1.54, 1.807) is 36.7 Å². The Morgan fingerprint density at radius 2 is 2.08 bits per heavy atom. The third-order valence-electron chi connectivity index (χ3n) is 3.38. The number of thiophene rings is 1. The second-order valence-corrected chi connectivity index (χ2v) is 8.20. The molecule has 2 N–H and O–H groups in total. The van der Waals surface area contributed by atoms with Crippen molar-refractivity contribution >= 4 is 27.2 Å². The number of aryl methyl sites for hydroxylation is 2. The molecule has 0 aliphatic heterocycles. The summed E-state index contributed by atoms with van der Waals surface area (Å²) in [6.45, 7) is 4.36. The van der Waals surface area contributed by atoms with Crippen molar-refractivity contribution in [1.29, 1.82) is 0 Å². The standard InChI is InChI=1S/C15H18N6O2S2/c1-11-19-13(10-14(20-11)21-8-7-16-12(21)2)17-5-6-18-25(22,23)15-4-3-9-24-15/h3-4,7-10,18H,5-6H2,1-2H3,(H,17,19,20). The average Bonchev–Trinajstić information content (AvgIpc) is 3.23. The second-order valence-electron chi connectivity index (χ2n) is 5.26. The van der Waals surface area contributed by atoms with Gasteiger partial charge in [-0.05, 0) is 25.3 Å². The fourth-order valence-corrected chi connectivity index (χ4v) is 4.32. The van der Waals surface area contributed by atoms with E-state index in [-0.39, 0.29) is 6.54 Å². The molecule has 0 aromatic carbocycles. The molecule has 3 aromatic rings. The van der Waals surface area contributed by atoms with Crippen molar-refractivity contribution in [2.75, 3.05) is 18.4 Å². The zero-order valence-corrected chi connectivity index (χ0v) is 15.4. The molecule has 0 saturated heterocycles. The van der Waals surface area contributed by atoms with Crippen molar-refractivity contribution in [3.63, 3.8) is 0 Å². The van der Waals surface area contributed by atoms with Crippen LogP contribution in [-0.2, 0) is 10.0 Å². The van der Waals surface area contributed by atoms with Crippen molar-refractivity contribution in [3.05, 3.63) is 47.6 Å². The van der Waals surface area contributed by atoms with Crippen LogP contribution in [0.25, 0.3) is 5.82 Å². The summed E-state index contributed by atoms with van der Waals surface area (Å²) in [5.41, 5.74) is 0. The number of aromatic nitrogens is 4. The van der Waals surface area contributed by atoms with E-state index in [1.807, 2.05) is 17.7 Å². The quantitative estimate of drug-likeness (QED) is 0.607. The largest absolute Gasteiger partial charge is 0.369 e. The molecule has 3 aromatic heterocycles. The summed E-state index contributed by atoms with van der Waals surface area (Å²) in [7, 11) is -3.45. The van der Waals surface area contributed by atoms with E-state index in [0.29, 0.717) is 28.2 Å². The molecule has 132 valence electrons. The summed E-state index contributed by atoms with van der Waals surface area (Å²) < 4.78 is 28.8. The van der Waals surface area contributed by atoms with Gasteiger partial charge in [0.2, 0.25) is 10.0 Å². The number of sulfonamides is 1. The Hall–Kier alpha value is -2.30. The van der Waals surface area contributed by atoms with Gasteiger partial charge in [0.25, 0.3) is 0 Å². The van der Waals surface area contributed by atoms with E-state index in [4.69, 9.17) is 0 Å². The zero-order valence-electron chi connectivity index (χ0n) is 13.8. The Balaban J connectivity index is 1.62. The number of nitrogens with zero attached hydrogens (tertiary/aromatic N) is 4. The fraction of sp³-hybridized carbons (Fsp3) is 0.267. The number of imidazole rings is 1. The van der Waals surface area contributed by atoms with Gasteiger partial charge in [0.05, 0.1) is 0 Å². The lowest BCUT2D eigenvalue weighted by Crippen LogP contribution is -2.28. The van der Waals surface area contributed by atoms with E-state index in [1.165, 1.54) is 11.3 Å². The van der Waals surface area contributed by atoms with Crippen molar-refractivity contribution < 1.29 is 8.42 Å². The summed E-state index contributed by atoms with van der Waals surface area (Å²) in [5.74, 6) is 2.79. The van der Waals surface area contributed by atoms with Crippen LogP contribution in [-0.4, -0.2) is 41.0 Å². The summed E-state index contributed by atoms with van der Waals surface area (Å²) in [4.78, 5) is 12.9. The summed E-state index contributed by atoms with van der Waals surface area (Å²) in [6, 6.07) is 5.09. The molecule has 0 radical (unpaired) electrons. The SMILES string of the molecule is Cc1nc(NCCNS(=O)(=O)c2cccs2)cc(-n2ccnc2C)n1. The Labute approximate surface area is 150 Å². The van der Waals surface area contributed by atoms with E-state index < -0.39 is 10.0 Å². The highest BCUT2D eigenvalue weighted by Gasteiger charge is 2.14. The van der Waals surface area contributed by atoms with Crippen LogP contribution < -0.4 is 10.0 Å². The van der Waals surface area contributed by atoms with E-state index in [2.05, 4.69) is 25.0 Å². The van der Waals surface area contributed by atoms with Crippen molar-refractivity contribution in [2.45, 2.75) is 18.1 Å². The van der Waals surface area contributed by atoms with Gasteiger partial charge in [-0.3, -0.25) is 4.57 Å². The Bertz CT molecular complexity index is 950. The third kappa shape index (κ3) is 4.21. The zero-order chi connectivity index (χ0) is 17.9. The molecule has 8 nitrogen and oxygen atoms in total. The first kappa shape index (κ1) is 17.5. The minimum atomic E-state index is -3.45. The molecular weight excluding hydrogens is 360 g/mol. The first-order valence-electron chi connectivity index (χ1n) is 7.59. The second kappa shape index (κ2) is 7.30. The van der Waals surface area contributed by atoms with Crippen molar-refractivity contribution in [1.82, 2.24) is 24.2 Å². The lowest BCUT2D eigenvalue weighted by Gasteiger charge is -2.10. The molecule has 10 heteroatoms. The molecular formula is C15H18N6O2S2. The minimum absolute atomic E-state index is 0.253. The topological polar surface area (TPSA) is 102 Å². The molecule has 3 rings (SSSR count). The van der Waals surface area contributed by atoms with Gasteiger partial charge in [-0.2, -0.15) is 0 Å². The molecule has 25 heavy (non-hydrogen) atoms. The van der Waals surface area contributed by atoms with Gasteiger partial charge in [-0.25, -0.2) is 28.1 Å². The van der Waals surface area contributed by atoms with Crippen LogP contribution in [0.4, 0.5) is 5.82 Å². The molecule has 0 fully saturated rings. The van der Waals surface area contributed by atoms with Crippen LogP contribution in [0.3, 0.4) is 0 Å². The highest BCUT2D eigenvalue weighted by molar-refractivity contribution is 7.91. The van der Waals surface area contributed by atoms with Crippen LogP contribution in [0, 0.1) is 13.8 Å². The smallest absolute Gasteiger partial charge is 0.250 e. The van der Waals surface area contributed by atoms with Crippen LogP contribution in [0.15, 0.2) is 40.2 Å². The molecule has 0 bridgehead atoms. The van der Waals surface area contributed by atoms with Gasteiger partial charge in [-0.1, -0.05) is 6.07 Å². The van der Waals surface area contributed by atoms with Crippen LogP contribution in [0.1, 0.15) is 11.6 Å². The highest BCUT2D eigenvalue weighted by atomic mass is 32.2. The molecule has 0 unspecified atom stereocenters. The lowest BCUT2D eigenvalue weighted by molar-refractivity contribution is 0.585. The average molecular weight is 378 g/mol. The van der Waals surface area contributed by atoms with Crippen LogP contribution in [0.5, 0.6) is 0 Å². The molecule has 0 aliphatic carbocycles. The normalized spacial score (nSPS) is 11.6. The summed E-state index contributed by atoms with van der Waals surface area (Å²) in [5, 5.41) is 4.85. The summed E-state index contributed by atoms with van der Waals surface area (Å²) in [6.07, 6.45) is 3.54. The number of nitrogens with one attached hydrogen (secondary N) is 2. The van der Waals surface area contributed by atoms with E-state index >= 15 is 0 Å².